The molecule has 1 aromatic rings. The fourth-order valence-corrected chi connectivity index (χ4v) is 0.990. The molecule has 1 atom stereocenters. The fourth-order valence-electron chi connectivity index (χ4n) is 0.990. The lowest BCUT2D eigenvalue weighted by atomic mass is 10.2. The number of likely N-dealkylation sites (N-methyl/N-ethyl adjacent to an activating group) is 1. The molecule has 0 spiro atoms. The van der Waals surface area contributed by atoms with E-state index in [1.165, 1.54) is 11.2 Å². The summed E-state index contributed by atoms with van der Waals surface area (Å²) >= 11 is 0. The first kappa shape index (κ1) is 9.73. The minimum absolute atomic E-state index is 0.275. The zero-order valence-electron chi connectivity index (χ0n) is 7.69. The Balaban J connectivity index is 2.51. The quantitative estimate of drug-likeness (QED) is 0.657. The van der Waals surface area contributed by atoms with Crippen LogP contribution in [0.3, 0.4) is 0 Å². The number of amides is 1. The zero-order valence-corrected chi connectivity index (χ0v) is 7.69. The van der Waals surface area contributed by atoms with E-state index >= 15 is 0 Å². The van der Waals surface area contributed by atoms with Crippen molar-refractivity contribution in [1.82, 2.24) is 14.9 Å². The van der Waals surface area contributed by atoms with E-state index in [0.29, 0.717) is 0 Å². The molecule has 1 amide bonds. The highest BCUT2D eigenvalue weighted by Crippen LogP contribution is 1.99. The van der Waals surface area contributed by atoms with E-state index in [1.54, 1.807) is 20.3 Å². The summed E-state index contributed by atoms with van der Waals surface area (Å²) in [6, 6.07) is 0. The SMILES string of the molecule is CN(C)C(=O)C(O)Cc1cnc[nH]1. The number of carbonyl (C=O) groups is 1. The van der Waals surface area contributed by atoms with Crippen molar-refractivity contribution < 1.29 is 9.90 Å². The highest BCUT2D eigenvalue weighted by molar-refractivity contribution is 5.80. The average molecular weight is 183 g/mol. The van der Waals surface area contributed by atoms with Crippen LogP contribution < -0.4 is 0 Å². The molecule has 5 heteroatoms. The zero-order chi connectivity index (χ0) is 9.84. The van der Waals surface area contributed by atoms with E-state index in [2.05, 4.69) is 9.97 Å². The molecule has 1 heterocycles. The van der Waals surface area contributed by atoms with Crippen LogP contribution in [0.5, 0.6) is 0 Å². The van der Waals surface area contributed by atoms with Crippen molar-refractivity contribution in [3.05, 3.63) is 18.2 Å². The monoisotopic (exact) mass is 183 g/mol. The Hall–Kier alpha value is -1.36. The van der Waals surface area contributed by atoms with Gasteiger partial charge in [0.15, 0.2) is 0 Å². The van der Waals surface area contributed by atoms with Crippen molar-refractivity contribution in [2.24, 2.45) is 0 Å². The summed E-state index contributed by atoms with van der Waals surface area (Å²) in [7, 11) is 3.22. The molecule has 0 aliphatic rings. The molecule has 0 saturated carbocycles. The van der Waals surface area contributed by atoms with Gasteiger partial charge in [0.25, 0.3) is 5.91 Å². The van der Waals surface area contributed by atoms with Crippen LogP contribution in [0.4, 0.5) is 0 Å². The Morgan fingerprint density at radius 2 is 2.46 bits per heavy atom. The van der Waals surface area contributed by atoms with E-state index in [9.17, 15) is 9.90 Å². The van der Waals surface area contributed by atoms with Gasteiger partial charge in [0.05, 0.1) is 6.33 Å². The third-order valence-electron chi connectivity index (χ3n) is 1.69. The van der Waals surface area contributed by atoms with Gasteiger partial charge < -0.3 is 15.0 Å². The first-order chi connectivity index (χ1) is 6.11. The van der Waals surface area contributed by atoms with E-state index in [-0.39, 0.29) is 12.3 Å². The van der Waals surface area contributed by atoms with Gasteiger partial charge in [0.2, 0.25) is 0 Å². The Kier molecular flexibility index (Phi) is 3.02. The Morgan fingerprint density at radius 3 is 2.92 bits per heavy atom. The van der Waals surface area contributed by atoms with E-state index in [4.69, 9.17) is 0 Å². The van der Waals surface area contributed by atoms with Gasteiger partial charge in [-0.15, -0.1) is 0 Å². The number of rotatable bonds is 3. The van der Waals surface area contributed by atoms with Crippen LogP contribution in [0.15, 0.2) is 12.5 Å². The number of aromatic nitrogens is 2. The topological polar surface area (TPSA) is 69.2 Å². The molecule has 0 radical (unpaired) electrons. The number of nitrogens with one attached hydrogen (secondary N) is 1. The smallest absolute Gasteiger partial charge is 0.251 e. The van der Waals surface area contributed by atoms with E-state index in [1.807, 2.05) is 0 Å². The summed E-state index contributed by atoms with van der Waals surface area (Å²) in [6.45, 7) is 0. The molecule has 0 fully saturated rings. The molecule has 0 saturated heterocycles. The molecule has 5 nitrogen and oxygen atoms in total. The minimum atomic E-state index is -0.990. The summed E-state index contributed by atoms with van der Waals surface area (Å²) < 4.78 is 0. The average Bonchev–Trinajstić information content (AvgIpc) is 2.55. The van der Waals surface area contributed by atoms with Crippen molar-refractivity contribution in [1.29, 1.82) is 0 Å². The third kappa shape index (κ3) is 2.55. The molecule has 2 N–H and O–H groups in total. The van der Waals surface area contributed by atoms with E-state index < -0.39 is 6.10 Å². The molecule has 13 heavy (non-hydrogen) atoms. The van der Waals surface area contributed by atoms with E-state index in [0.717, 1.165) is 5.69 Å². The van der Waals surface area contributed by atoms with Crippen LogP contribution in [-0.2, 0) is 11.2 Å². The summed E-state index contributed by atoms with van der Waals surface area (Å²) in [5, 5.41) is 9.42. The largest absolute Gasteiger partial charge is 0.383 e. The standard InChI is InChI=1S/C8H13N3O2/c1-11(2)8(13)7(12)3-6-4-9-5-10-6/h4-5,7,12H,3H2,1-2H3,(H,9,10). The molecule has 0 aliphatic heterocycles. The van der Waals surface area contributed by atoms with Crippen molar-refractivity contribution in [3.8, 4) is 0 Å². The second kappa shape index (κ2) is 4.04. The molecule has 0 aromatic carbocycles. The maximum absolute atomic E-state index is 11.2. The van der Waals surface area contributed by atoms with Crippen LogP contribution in [0, 0.1) is 0 Å². The maximum Gasteiger partial charge on any atom is 0.251 e. The van der Waals surface area contributed by atoms with Crippen molar-refractivity contribution >= 4 is 5.91 Å². The molecule has 72 valence electrons. The number of hydrogen-bond donors (Lipinski definition) is 2. The minimum Gasteiger partial charge on any atom is -0.383 e. The Morgan fingerprint density at radius 1 is 1.77 bits per heavy atom. The molecule has 0 aliphatic carbocycles. The second-order valence-corrected chi connectivity index (χ2v) is 3.03. The highest BCUT2D eigenvalue weighted by atomic mass is 16.3. The maximum atomic E-state index is 11.2. The van der Waals surface area contributed by atoms with Crippen LogP contribution >= 0.6 is 0 Å². The molecule has 1 aromatic heterocycles. The lowest BCUT2D eigenvalue weighted by Crippen LogP contribution is -2.34. The van der Waals surface area contributed by atoms with Gasteiger partial charge in [0.1, 0.15) is 6.10 Å². The predicted molar refractivity (Wildman–Crippen MR) is 47.0 cm³/mol. The lowest BCUT2D eigenvalue weighted by Gasteiger charge is -2.14. The summed E-state index contributed by atoms with van der Waals surface area (Å²) in [4.78, 5) is 19.2. The summed E-state index contributed by atoms with van der Waals surface area (Å²) in [5.41, 5.74) is 0.753. The van der Waals surface area contributed by atoms with Gasteiger partial charge in [-0.2, -0.15) is 0 Å². The number of aliphatic hydroxyl groups is 1. The lowest BCUT2D eigenvalue weighted by molar-refractivity contribution is -0.137. The second-order valence-electron chi connectivity index (χ2n) is 3.03. The van der Waals surface area contributed by atoms with Crippen LogP contribution in [0.25, 0.3) is 0 Å². The first-order valence-electron chi connectivity index (χ1n) is 3.97. The number of aliphatic hydroxyl groups excluding tert-OH is 1. The highest BCUT2D eigenvalue weighted by Gasteiger charge is 2.17. The van der Waals surface area contributed by atoms with Crippen LogP contribution in [-0.4, -0.2) is 46.1 Å². The van der Waals surface area contributed by atoms with Gasteiger partial charge in [0, 0.05) is 32.4 Å². The molecular formula is C8H13N3O2. The Bertz CT molecular complexity index is 269. The fraction of sp³-hybridized carbons (Fsp3) is 0.500. The number of imidazole rings is 1. The van der Waals surface area contributed by atoms with Gasteiger partial charge in [-0.3, -0.25) is 4.79 Å². The Labute approximate surface area is 76.4 Å². The van der Waals surface area contributed by atoms with Crippen molar-refractivity contribution in [2.75, 3.05) is 14.1 Å². The number of nitrogens with zero attached hydrogens (tertiary/aromatic N) is 2. The van der Waals surface area contributed by atoms with Crippen molar-refractivity contribution in [2.45, 2.75) is 12.5 Å². The molecular weight excluding hydrogens is 170 g/mol. The number of aromatic amines is 1. The molecule has 1 rings (SSSR count). The number of H-pyrrole nitrogens is 1. The van der Waals surface area contributed by atoms with Crippen LogP contribution in [0.2, 0.25) is 0 Å². The third-order valence-corrected chi connectivity index (χ3v) is 1.69. The summed E-state index contributed by atoms with van der Waals surface area (Å²) in [6.07, 6.45) is 2.39. The number of hydrogen-bond acceptors (Lipinski definition) is 3. The van der Waals surface area contributed by atoms with Gasteiger partial charge >= 0.3 is 0 Å². The normalized spacial score (nSPS) is 12.5. The van der Waals surface area contributed by atoms with Crippen LogP contribution in [0.1, 0.15) is 5.69 Å². The molecule has 1 unspecified atom stereocenters. The molecule has 0 bridgehead atoms. The number of carbonyl (C=O) groups excluding carboxylic acids is 1. The van der Waals surface area contributed by atoms with Crippen molar-refractivity contribution in [3.63, 3.8) is 0 Å². The summed E-state index contributed by atoms with van der Waals surface area (Å²) in [5.74, 6) is -0.297. The van der Waals surface area contributed by atoms with Gasteiger partial charge in [-0.05, 0) is 0 Å². The predicted octanol–water partition coefficient (Wildman–Crippen LogP) is -0.599. The van der Waals surface area contributed by atoms with Gasteiger partial charge in [-0.25, -0.2) is 4.98 Å². The van der Waals surface area contributed by atoms with Gasteiger partial charge in [-0.1, -0.05) is 0 Å². The first-order valence-corrected chi connectivity index (χ1v) is 3.97.